The van der Waals surface area contributed by atoms with Crippen molar-refractivity contribution in [2.75, 3.05) is 11.9 Å². The van der Waals surface area contributed by atoms with Crippen LogP contribution in [0.3, 0.4) is 0 Å². The molecular weight excluding hydrogens is 364 g/mol. The number of hydrogen-bond acceptors (Lipinski definition) is 3. The molecule has 6 heteroatoms. The van der Waals surface area contributed by atoms with E-state index < -0.39 is 0 Å². The van der Waals surface area contributed by atoms with Crippen molar-refractivity contribution in [3.05, 3.63) is 59.9 Å². The molecule has 1 heterocycles. The molecule has 0 spiro atoms. The van der Waals surface area contributed by atoms with E-state index in [1.165, 1.54) is 0 Å². The molecule has 152 valence electrons. The first kappa shape index (κ1) is 20.6. The molecule has 6 nitrogen and oxygen atoms in total. The average molecular weight is 393 g/mol. The van der Waals surface area contributed by atoms with Crippen LogP contribution in [0.2, 0.25) is 0 Å². The van der Waals surface area contributed by atoms with Crippen LogP contribution in [-0.2, 0) is 22.6 Å². The van der Waals surface area contributed by atoms with Crippen molar-refractivity contribution in [1.82, 2.24) is 14.9 Å². The van der Waals surface area contributed by atoms with Gasteiger partial charge in [-0.25, -0.2) is 4.98 Å². The molecule has 0 fully saturated rings. The second kappa shape index (κ2) is 9.37. The molecular formula is C23H28N4O2. The summed E-state index contributed by atoms with van der Waals surface area (Å²) in [6.45, 7) is 6.54. The van der Waals surface area contributed by atoms with Gasteiger partial charge in [-0.15, -0.1) is 0 Å². The zero-order valence-electron chi connectivity index (χ0n) is 17.2. The van der Waals surface area contributed by atoms with Gasteiger partial charge in [-0.2, -0.15) is 0 Å². The molecule has 0 saturated heterocycles. The zero-order valence-corrected chi connectivity index (χ0v) is 17.2. The van der Waals surface area contributed by atoms with E-state index in [1.807, 2.05) is 73.9 Å². The first-order valence-corrected chi connectivity index (χ1v) is 10.0. The summed E-state index contributed by atoms with van der Waals surface area (Å²) in [7, 11) is 0. The molecule has 0 aliphatic rings. The van der Waals surface area contributed by atoms with Gasteiger partial charge in [0.05, 0.1) is 11.0 Å². The van der Waals surface area contributed by atoms with Crippen LogP contribution in [0.1, 0.15) is 31.7 Å². The number of carbonyl (C=O) groups is 2. The molecule has 0 aliphatic heterocycles. The van der Waals surface area contributed by atoms with Crippen molar-refractivity contribution in [2.24, 2.45) is 5.92 Å². The highest BCUT2D eigenvalue weighted by Gasteiger charge is 2.14. The maximum Gasteiger partial charge on any atom is 0.244 e. The minimum absolute atomic E-state index is 0.0232. The summed E-state index contributed by atoms with van der Waals surface area (Å²) in [6, 6.07) is 15.6. The van der Waals surface area contributed by atoms with Gasteiger partial charge < -0.3 is 15.2 Å². The summed E-state index contributed by atoms with van der Waals surface area (Å²) in [5, 5.41) is 5.89. The molecule has 2 amide bonds. The Hall–Kier alpha value is -3.15. The summed E-state index contributed by atoms with van der Waals surface area (Å²) >= 11 is 0. The van der Waals surface area contributed by atoms with Crippen LogP contribution in [0.15, 0.2) is 48.5 Å². The van der Waals surface area contributed by atoms with Gasteiger partial charge in [0, 0.05) is 24.6 Å². The quantitative estimate of drug-likeness (QED) is 0.574. The summed E-state index contributed by atoms with van der Waals surface area (Å²) in [5.74, 6) is 0.790. The van der Waals surface area contributed by atoms with Gasteiger partial charge >= 0.3 is 0 Å². The Kier molecular flexibility index (Phi) is 6.65. The van der Waals surface area contributed by atoms with E-state index in [4.69, 9.17) is 4.98 Å². The van der Waals surface area contributed by atoms with Gasteiger partial charge in [0.15, 0.2) is 0 Å². The van der Waals surface area contributed by atoms with E-state index in [2.05, 4.69) is 10.6 Å². The minimum Gasteiger partial charge on any atom is -0.356 e. The number of nitrogens with one attached hydrogen (secondary N) is 2. The van der Waals surface area contributed by atoms with Crippen LogP contribution < -0.4 is 10.6 Å². The van der Waals surface area contributed by atoms with Gasteiger partial charge in [0.25, 0.3) is 0 Å². The van der Waals surface area contributed by atoms with E-state index in [-0.39, 0.29) is 24.3 Å². The van der Waals surface area contributed by atoms with Gasteiger partial charge in [0.1, 0.15) is 12.4 Å². The number of hydrogen-bond donors (Lipinski definition) is 2. The Bertz CT molecular complexity index is 1010. The third-order valence-electron chi connectivity index (χ3n) is 4.74. The fourth-order valence-corrected chi connectivity index (χ4v) is 3.22. The lowest BCUT2D eigenvalue weighted by atomic mass is 10.2. The first-order chi connectivity index (χ1) is 13.9. The third-order valence-corrected chi connectivity index (χ3v) is 4.74. The predicted octanol–water partition coefficient (Wildman–Crippen LogP) is 3.69. The zero-order chi connectivity index (χ0) is 20.8. The highest BCUT2D eigenvalue weighted by molar-refractivity contribution is 5.91. The van der Waals surface area contributed by atoms with Crippen LogP contribution in [0.4, 0.5) is 5.69 Å². The predicted molar refractivity (Wildman–Crippen MR) is 116 cm³/mol. The number of carbonyl (C=O) groups excluding carboxylic acids is 2. The maximum atomic E-state index is 12.7. The Balaban J connectivity index is 1.71. The van der Waals surface area contributed by atoms with Gasteiger partial charge in [-0.3, -0.25) is 9.59 Å². The summed E-state index contributed by atoms with van der Waals surface area (Å²) in [5.41, 5.74) is 3.70. The fraction of sp³-hybridized carbons (Fsp3) is 0.348. The number of benzene rings is 2. The topological polar surface area (TPSA) is 76.0 Å². The Morgan fingerprint density at radius 1 is 1.10 bits per heavy atom. The lowest BCUT2D eigenvalue weighted by Crippen LogP contribution is -2.29. The number of anilines is 1. The Labute approximate surface area is 171 Å². The van der Waals surface area contributed by atoms with Crippen molar-refractivity contribution in [3.8, 4) is 0 Å². The molecule has 0 unspecified atom stereocenters. The van der Waals surface area contributed by atoms with Crippen molar-refractivity contribution in [3.63, 3.8) is 0 Å². The SMILES string of the molecule is Cc1cccc(NC(=O)Cn2c(CCCNC(=O)C(C)C)nc3ccccc32)c1. The lowest BCUT2D eigenvalue weighted by Gasteiger charge is -2.11. The molecule has 3 rings (SSSR count). The largest absolute Gasteiger partial charge is 0.356 e. The smallest absolute Gasteiger partial charge is 0.244 e. The molecule has 0 radical (unpaired) electrons. The second-order valence-electron chi connectivity index (χ2n) is 7.57. The number of aryl methyl sites for hydroxylation is 2. The van der Waals surface area contributed by atoms with Crippen LogP contribution in [-0.4, -0.2) is 27.9 Å². The summed E-state index contributed by atoms with van der Waals surface area (Å²) in [4.78, 5) is 29.1. The second-order valence-corrected chi connectivity index (χ2v) is 7.57. The number of aromatic nitrogens is 2. The Morgan fingerprint density at radius 3 is 2.66 bits per heavy atom. The number of amides is 2. The molecule has 2 aromatic carbocycles. The van der Waals surface area contributed by atoms with Crippen LogP contribution >= 0.6 is 0 Å². The fourth-order valence-electron chi connectivity index (χ4n) is 3.22. The first-order valence-electron chi connectivity index (χ1n) is 10.0. The highest BCUT2D eigenvalue weighted by Crippen LogP contribution is 2.18. The van der Waals surface area contributed by atoms with Crippen LogP contribution in [0.5, 0.6) is 0 Å². The monoisotopic (exact) mass is 392 g/mol. The normalized spacial score (nSPS) is 11.0. The summed E-state index contributed by atoms with van der Waals surface area (Å²) < 4.78 is 1.96. The van der Waals surface area contributed by atoms with Gasteiger partial charge in [-0.05, 0) is 43.2 Å². The van der Waals surface area contributed by atoms with Crippen molar-refractivity contribution >= 4 is 28.5 Å². The number of para-hydroxylation sites is 2. The van der Waals surface area contributed by atoms with Crippen molar-refractivity contribution < 1.29 is 9.59 Å². The molecule has 1 aromatic heterocycles. The molecule has 0 bridgehead atoms. The van der Waals surface area contributed by atoms with E-state index in [9.17, 15) is 9.59 Å². The molecule has 0 aliphatic carbocycles. The average Bonchev–Trinajstić information content (AvgIpc) is 3.02. The van der Waals surface area contributed by atoms with Crippen molar-refractivity contribution in [2.45, 2.75) is 40.2 Å². The lowest BCUT2D eigenvalue weighted by molar-refractivity contribution is -0.124. The van der Waals surface area contributed by atoms with Crippen LogP contribution in [0, 0.1) is 12.8 Å². The number of rotatable bonds is 8. The van der Waals surface area contributed by atoms with Gasteiger partial charge in [0.2, 0.25) is 11.8 Å². The molecule has 0 saturated carbocycles. The van der Waals surface area contributed by atoms with E-state index >= 15 is 0 Å². The van der Waals surface area contributed by atoms with E-state index in [1.54, 1.807) is 0 Å². The molecule has 3 aromatic rings. The maximum absolute atomic E-state index is 12.7. The number of nitrogens with zero attached hydrogens (tertiary/aromatic N) is 2. The molecule has 2 N–H and O–H groups in total. The standard InChI is InChI=1S/C23H28N4O2/c1-16(2)23(29)24-13-7-12-21-26-19-10-4-5-11-20(19)27(21)15-22(28)25-18-9-6-8-17(3)14-18/h4-6,8-11,14,16H,7,12-13,15H2,1-3H3,(H,24,29)(H,25,28). The number of fused-ring (bicyclic) bond motifs is 1. The van der Waals surface area contributed by atoms with E-state index in [0.717, 1.165) is 34.5 Å². The third kappa shape index (κ3) is 5.44. The molecule has 0 atom stereocenters. The summed E-state index contributed by atoms with van der Waals surface area (Å²) in [6.07, 6.45) is 1.45. The minimum atomic E-state index is -0.0897. The van der Waals surface area contributed by atoms with E-state index in [0.29, 0.717) is 13.0 Å². The van der Waals surface area contributed by atoms with Crippen molar-refractivity contribution in [1.29, 1.82) is 0 Å². The van der Waals surface area contributed by atoms with Crippen LogP contribution in [0.25, 0.3) is 11.0 Å². The molecule has 29 heavy (non-hydrogen) atoms. The number of imidazole rings is 1. The Morgan fingerprint density at radius 2 is 1.90 bits per heavy atom. The highest BCUT2D eigenvalue weighted by atomic mass is 16.2. The van der Waals surface area contributed by atoms with Gasteiger partial charge in [-0.1, -0.05) is 38.1 Å².